The average Bonchev–Trinajstić information content (AvgIpc) is 2.12. The minimum atomic E-state index is -1.54. The average molecular weight is 257 g/mol. The van der Waals surface area contributed by atoms with Crippen LogP contribution in [0.15, 0.2) is 0 Å². The number of primary amides is 2. The van der Waals surface area contributed by atoms with Gasteiger partial charge in [-0.25, -0.2) is 0 Å². The molecule has 0 aliphatic heterocycles. The van der Waals surface area contributed by atoms with Gasteiger partial charge in [0.05, 0.1) is 13.1 Å². The lowest BCUT2D eigenvalue weighted by molar-refractivity contribution is -0.168. The van der Waals surface area contributed by atoms with Gasteiger partial charge in [0, 0.05) is 0 Å². The van der Waals surface area contributed by atoms with E-state index in [1.54, 1.807) is 0 Å². The number of rotatable bonds is 6. The fourth-order valence-corrected chi connectivity index (χ4v) is 1.93. The number of hydrogen-bond donors (Lipinski definition) is 3. The third-order valence-electron chi connectivity index (χ3n) is 3.01. The van der Waals surface area contributed by atoms with E-state index in [-0.39, 0.29) is 12.8 Å². The number of nitrogens with two attached hydrogens (primary N) is 2. The monoisotopic (exact) mass is 257 g/mol. The van der Waals surface area contributed by atoms with E-state index in [0.29, 0.717) is 6.42 Å². The topological polar surface area (TPSA) is 144 Å². The molecule has 1 saturated carbocycles. The van der Waals surface area contributed by atoms with Crippen molar-refractivity contribution in [1.82, 2.24) is 4.90 Å². The van der Waals surface area contributed by atoms with Crippen LogP contribution in [0, 0.1) is 5.41 Å². The first-order valence-corrected chi connectivity index (χ1v) is 5.39. The van der Waals surface area contributed by atoms with Gasteiger partial charge in [-0.2, -0.15) is 0 Å². The Morgan fingerprint density at radius 1 is 1.06 bits per heavy atom. The number of hydrogen-bond acceptors (Lipinski definition) is 4. The lowest BCUT2D eigenvalue weighted by Gasteiger charge is -2.39. The van der Waals surface area contributed by atoms with Crippen molar-refractivity contribution in [1.29, 1.82) is 0 Å². The summed E-state index contributed by atoms with van der Waals surface area (Å²) in [6, 6.07) is 0. The van der Waals surface area contributed by atoms with Crippen LogP contribution in [0.25, 0.3) is 0 Å². The van der Waals surface area contributed by atoms with Gasteiger partial charge in [0.1, 0.15) is 5.41 Å². The lowest BCUT2D eigenvalue weighted by atomic mass is 9.67. The molecule has 0 aromatic carbocycles. The summed E-state index contributed by atoms with van der Waals surface area (Å²) < 4.78 is 0. The van der Waals surface area contributed by atoms with E-state index in [2.05, 4.69) is 0 Å². The zero-order chi connectivity index (χ0) is 13.9. The molecule has 0 saturated heterocycles. The third kappa shape index (κ3) is 2.58. The highest BCUT2D eigenvalue weighted by molar-refractivity contribution is 6.04. The Labute approximate surface area is 103 Å². The van der Waals surface area contributed by atoms with E-state index in [1.165, 1.54) is 0 Å². The van der Waals surface area contributed by atoms with Gasteiger partial charge in [0.2, 0.25) is 17.7 Å². The van der Waals surface area contributed by atoms with Crippen molar-refractivity contribution in [2.24, 2.45) is 16.9 Å². The standard InChI is InChI=1S/C10H15N3O5/c11-6(14)4-13(5-7(12)15)8(16)10(9(17)18)2-1-3-10/h1-5H2,(H2,11,14)(H2,12,15)(H,17,18). The first-order chi connectivity index (χ1) is 8.29. The van der Waals surface area contributed by atoms with E-state index in [9.17, 15) is 19.2 Å². The SMILES string of the molecule is NC(=O)CN(CC(N)=O)C(=O)C1(C(=O)O)CCC1. The van der Waals surface area contributed by atoms with Gasteiger partial charge in [-0.15, -0.1) is 0 Å². The number of carbonyl (C=O) groups excluding carboxylic acids is 3. The van der Waals surface area contributed by atoms with E-state index in [0.717, 1.165) is 4.90 Å². The number of nitrogens with zero attached hydrogens (tertiary/aromatic N) is 1. The van der Waals surface area contributed by atoms with Crippen LogP contribution >= 0.6 is 0 Å². The van der Waals surface area contributed by atoms with Crippen LogP contribution in [0.4, 0.5) is 0 Å². The first-order valence-electron chi connectivity index (χ1n) is 5.39. The highest BCUT2D eigenvalue weighted by Crippen LogP contribution is 2.42. The van der Waals surface area contributed by atoms with Gasteiger partial charge >= 0.3 is 5.97 Å². The molecule has 0 unspecified atom stereocenters. The third-order valence-corrected chi connectivity index (χ3v) is 3.01. The molecule has 3 amide bonds. The quantitative estimate of drug-likeness (QED) is 0.473. The van der Waals surface area contributed by atoms with E-state index in [4.69, 9.17) is 16.6 Å². The van der Waals surface area contributed by atoms with Gasteiger partial charge in [-0.1, -0.05) is 6.42 Å². The van der Waals surface area contributed by atoms with Crippen molar-refractivity contribution < 1.29 is 24.3 Å². The van der Waals surface area contributed by atoms with Gasteiger partial charge in [0.25, 0.3) is 0 Å². The molecular formula is C10H15N3O5. The number of carboxylic acids is 1. The van der Waals surface area contributed by atoms with Crippen molar-refractivity contribution in [2.45, 2.75) is 19.3 Å². The van der Waals surface area contributed by atoms with Crippen molar-refractivity contribution in [3.8, 4) is 0 Å². The van der Waals surface area contributed by atoms with E-state index in [1.807, 2.05) is 0 Å². The second kappa shape index (κ2) is 5.03. The normalized spacial score (nSPS) is 16.4. The summed E-state index contributed by atoms with van der Waals surface area (Å²) in [6.45, 7) is -1.03. The second-order valence-corrected chi connectivity index (χ2v) is 4.33. The number of amides is 3. The number of carbonyl (C=O) groups is 4. The molecule has 5 N–H and O–H groups in total. The molecule has 0 spiro atoms. The zero-order valence-electron chi connectivity index (χ0n) is 9.72. The molecule has 8 heteroatoms. The summed E-state index contributed by atoms with van der Waals surface area (Å²) in [5.74, 6) is -3.69. The molecule has 0 bridgehead atoms. The van der Waals surface area contributed by atoms with Crippen molar-refractivity contribution in [2.75, 3.05) is 13.1 Å². The largest absolute Gasteiger partial charge is 0.480 e. The van der Waals surface area contributed by atoms with E-state index >= 15 is 0 Å². The summed E-state index contributed by atoms with van der Waals surface area (Å²) in [5.41, 5.74) is 8.37. The minimum Gasteiger partial charge on any atom is -0.480 e. The molecule has 1 fully saturated rings. The smallest absolute Gasteiger partial charge is 0.319 e. The lowest BCUT2D eigenvalue weighted by Crippen LogP contribution is -2.55. The van der Waals surface area contributed by atoms with Crippen molar-refractivity contribution >= 4 is 23.7 Å². The van der Waals surface area contributed by atoms with Crippen LogP contribution < -0.4 is 11.5 Å². The zero-order valence-corrected chi connectivity index (χ0v) is 9.72. The molecule has 0 heterocycles. The number of carboxylic acid groups (broad SMARTS) is 1. The predicted molar refractivity (Wildman–Crippen MR) is 58.9 cm³/mol. The summed E-state index contributed by atoms with van der Waals surface area (Å²) >= 11 is 0. The maximum Gasteiger partial charge on any atom is 0.319 e. The molecule has 18 heavy (non-hydrogen) atoms. The van der Waals surface area contributed by atoms with Gasteiger partial charge in [0.15, 0.2) is 0 Å². The van der Waals surface area contributed by atoms with Crippen molar-refractivity contribution in [3.05, 3.63) is 0 Å². The molecule has 0 aromatic rings. The van der Waals surface area contributed by atoms with Crippen LogP contribution in [0.5, 0.6) is 0 Å². The van der Waals surface area contributed by atoms with Crippen LogP contribution in [-0.4, -0.2) is 46.8 Å². The molecule has 1 aliphatic rings. The first kappa shape index (κ1) is 13.9. The fraction of sp³-hybridized carbons (Fsp3) is 0.600. The molecule has 1 aliphatic carbocycles. The molecule has 1 rings (SSSR count). The van der Waals surface area contributed by atoms with Crippen LogP contribution in [0.1, 0.15) is 19.3 Å². The van der Waals surface area contributed by atoms with Crippen molar-refractivity contribution in [3.63, 3.8) is 0 Å². The van der Waals surface area contributed by atoms with Gasteiger partial charge in [-0.05, 0) is 12.8 Å². The van der Waals surface area contributed by atoms with Crippen LogP contribution in [0.3, 0.4) is 0 Å². The highest BCUT2D eigenvalue weighted by Gasteiger charge is 2.53. The molecule has 0 atom stereocenters. The maximum absolute atomic E-state index is 12.1. The van der Waals surface area contributed by atoms with Gasteiger partial charge in [-0.3, -0.25) is 19.2 Å². The van der Waals surface area contributed by atoms with E-state index < -0.39 is 42.2 Å². The Morgan fingerprint density at radius 3 is 1.72 bits per heavy atom. The minimum absolute atomic E-state index is 0.190. The van der Waals surface area contributed by atoms with Gasteiger partial charge < -0.3 is 21.5 Å². The predicted octanol–water partition coefficient (Wildman–Crippen LogP) is -1.96. The fourth-order valence-electron chi connectivity index (χ4n) is 1.93. The number of aliphatic carboxylic acids is 1. The van der Waals surface area contributed by atoms with Crippen LogP contribution in [-0.2, 0) is 19.2 Å². The summed E-state index contributed by atoms with van der Waals surface area (Å²) in [6.07, 6.45) is 0.989. The Balaban J connectivity index is 2.90. The summed E-state index contributed by atoms with van der Waals surface area (Å²) in [7, 11) is 0. The summed E-state index contributed by atoms with van der Waals surface area (Å²) in [4.78, 5) is 45.7. The molecular weight excluding hydrogens is 242 g/mol. The summed E-state index contributed by atoms with van der Waals surface area (Å²) in [5, 5.41) is 9.09. The maximum atomic E-state index is 12.1. The molecule has 0 aromatic heterocycles. The Morgan fingerprint density at radius 2 is 1.50 bits per heavy atom. The highest BCUT2D eigenvalue weighted by atomic mass is 16.4. The Bertz CT molecular complexity index is 386. The Kier molecular flexibility index (Phi) is 3.89. The second-order valence-electron chi connectivity index (χ2n) is 4.33. The van der Waals surface area contributed by atoms with Crippen LogP contribution in [0.2, 0.25) is 0 Å². The molecule has 0 radical (unpaired) electrons. The Hall–Kier alpha value is -2.12. The molecule has 100 valence electrons. The molecule has 8 nitrogen and oxygen atoms in total.